The highest BCUT2D eigenvalue weighted by molar-refractivity contribution is 7.99. The minimum Gasteiger partial charge on any atom is -0.353 e. The first-order chi connectivity index (χ1) is 11.8. The fourth-order valence-electron chi connectivity index (χ4n) is 2.95. The van der Waals surface area contributed by atoms with E-state index in [4.69, 9.17) is 0 Å². The summed E-state index contributed by atoms with van der Waals surface area (Å²) in [5.74, 6) is 0.157. The Morgan fingerprint density at radius 3 is 2.67 bits per heavy atom. The number of nitrogens with one attached hydrogen (secondary N) is 1. The Kier molecular flexibility index (Phi) is 6.23. The molecule has 0 spiro atoms. The van der Waals surface area contributed by atoms with Gasteiger partial charge in [0.05, 0.1) is 0 Å². The third-order valence-electron chi connectivity index (χ3n) is 4.20. The van der Waals surface area contributed by atoms with E-state index in [-0.39, 0.29) is 5.91 Å². The summed E-state index contributed by atoms with van der Waals surface area (Å²) < 4.78 is 1.86. The molecular weight excluding hydrogens is 322 g/mol. The standard InChI is InChI=1S/C17H23N5OS/c23-16(4-1-12-22-13-3-11-20-22)21-14-5-7-15(8-6-14)24-17-18-9-2-10-19-17/h2-3,9-11,13-15H,1,4-8,12H2,(H,21,23). The zero-order chi connectivity index (χ0) is 16.6. The zero-order valence-corrected chi connectivity index (χ0v) is 14.5. The molecule has 24 heavy (non-hydrogen) atoms. The van der Waals surface area contributed by atoms with E-state index in [2.05, 4.69) is 20.4 Å². The van der Waals surface area contributed by atoms with Crippen molar-refractivity contribution >= 4 is 17.7 Å². The number of hydrogen-bond donors (Lipinski definition) is 1. The Morgan fingerprint density at radius 2 is 1.96 bits per heavy atom. The lowest BCUT2D eigenvalue weighted by Crippen LogP contribution is -2.38. The van der Waals surface area contributed by atoms with Crippen LogP contribution in [-0.2, 0) is 11.3 Å². The summed E-state index contributed by atoms with van der Waals surface area (Å²) in [5.41, 5.74) is 0. The van der Waals surface area contributed by atoms with Crippen molar-refractivity contribution < 1.29 is 4.79 Å². The van der Waals surface area contributed by atoms with E-state index in [1.165, 1.54) is 0 Å². The molecule has 1 aliphatic rings. The van der Waals surface area contributed by atoms with E-state index < -0.39 is 0 Å². The lowest BCUT2D eigenvalue weighted by molar-refractivity contribution is -0.122. The van der Waals surface area contributed by atoms with Crippen molar-refractivity contribution in [3.8, 4) is 0 Å². The maximum absolute atomic E-state index is 12.0. The molecule has 128 valence electrons. The van der Waals surface area contributed by atoms with Gasteiger partial charge in [-0.1, -0.05) is 11.8 Å². The summed E-state index contributed by atoms with van der Waals surface area (Å²) in [6.07, 6.45) is 12.9. The predicted molar refractivity (Wildman–Crippen MR) is 93.5 cm³/mol. The van der Waals surface area contributed by atoms with Gasteiger partial charge in [0.2, 0.25) is 5.91 Å². The van der Waals surface area contributed by atoms with Crippen molar-refractivity contribution in [1.82, 2.24) is 25.1 Å². The molecule has 1 saturated carbocycles. The topological polar surface area (TPSA) is 72.7 Å². The summed E-state index contributed by atoms with van der Waals surface area (Å²) in [6.45, 7) is 0.793. The number of thioether (sulfide) groups is 1. The van der Waals surface area contributed by atoms with Gasteiger partial charge >= 0.3 is 0 Å². The van der Waals surface area contributed by atoms with Gasteiger partial charge in [-0.25, -0.2) is 9.97 Å². The molecule has 0 atom stereocenters. The van der Waals surface area contributed by atoms with Crippen LogP contribution in [-0.4, -0.2) is 36.9 Å². The largest absolute Gasteiger partial charge is 0.353 e. The lowest BCUT2D eigenvalue weighted by Gasteiger charge is -2.28. The molecule has 0 saturated heterocycles. The molecule has 1 amide bonds. The van der Waals surface area contributed by atoms with Crippen LogP contribution in [0.2, 0.25) is 0 Å². The molecule has 0 unspecified atom stereocenters. The summed E-state index contributed by atoms with van der Waals surface area (Å²) in [7, 11) is 0. The molecule has 7 heteroatoms. The van der Waals surface area contributed by atoms with Crippen molar-refractivity contribution in [3.05, 3.63) is 36.9 Å². The Balaban J connectivity index is 1.32. The van der Waals surface area contributed by atoms with Crippen LogP contribution in [0.4, 0.5) is 0 Å². The van der Waals surface area contributed by atoms with Crippen LogP contribution in [0.15, 0.2) is 42.1 Å². The van der Waals surface area contributed by atoms with E-state index in [0.717, 1.165) is 43.8 Å². The SMILES string of the molecule is O=C(CCCn1cccn1)NC1CCC(Sc2ncccn2)CC1. The fraction of sp³-hybridized carbons (Fsp3) is 0.529. The first kappa shape index (κ1) is 17.0. The third kappa shape index (κ3) is 5.33. The minimum atomic E-state index is 0.157. The molecule has 2 heterocycles. The highest BCUT2D eigenvalue weighted by Crippen LogP contribution is 2.31. The number of amides is 1. The first-order valence-electron chi connectivity index (χ1n) is 8.50. The van der Waals surface area contributed by atoms with Crippen molar-refractivity contribution in [3.63, 3.8) is 0 Å². The third-order valence-corrected chi connectivity index (χ3v) is 5.43. The summed E-state index contributed by atoms with van der Waals surface area (Å²) in [4.78, 5) is 20.6. The highest BCUT2D eigenvalue weighted by Gasteiger charge is 2.23. The Morgan fingerprint density at radius 1 is 1.17 bits per heavy atom. The van der Waals surface area contributed by atoms with E-state index in [0.29, 0.717) is 17.7 Å². The van der Waals surface area contributed by atoms with Gasteiger partial charge in [0.15, 0.2) is 5.16 Å². The van der Waals surface area contributed by atoms with Crippen LogP contribution >= 0.6 is 11.8 Å². The maximum atomic E-state index is 12.0. The average Bonchev–Trinajstić information content (AvgIpc) is 3.11. The van der Waals surface area contributed by atoms with E-state index in [1.807, 2.05) is 23.0 Å². The van der Waals surface area contributed by atoms with Gasteiger partial charge in [0.25, 0.3) is 0 Å². The summed E-state index contributed by atoms with van der Waals surface area (Å²) in [5, 5.41) is 8.72. The molecule has 0 bridgehead atoms. The Bertz CT molecular complexity index is 611. The molecule has 1 aliphatic carbocycles. The normalized spacial score (nSPS) is 20.7. The van der Waals surface area contributed by atoms with Crippen molar-refractivity contribution in [1.29, 1.82) is 0 Å². The van der Waals surface area contributed by atoms with Gasteiger partial charge in [-0.15, -0.1) is 0 Å². The molecule has 0 aliphatic heterocycles. The number of rotatable bonds is 7. The van der Waals surface area contributed by atoms with Crippen molar-refractivity contribution in [2.24, 2.45) is 0 Å². The minimum absolute atomic E-state index is 0.157. The van der Waals surface area contributed by atoms with Crippen molar-refractivity contribution in [2.75, 3.05) is 0 Å². The summed E-state index contributed by atoms with van der Waals surface area (Å²) in [6, 6.07) is 4.05. The molecule has 0 aromatic carbocycles. The van der Waals surface area contributed by atoms with E-state index in [9.17, 15) is 4.79 Å². The fourth-order valence-corrected chi connectivity index (χ4v) is 4.00. The van der Waals surface area contributed by atoms with E-state index >= 15 is 0 Å². The Labute approximate surface area is 146 Å². The number of aryl methyl sites for hydroxylation is 1. The highest BCUT2D eigenvalue weighted by atomic mass is 32.2. The zero-order valence-electron chi connectivity index (χ0n) is 13.7. The number of hydrogen-bond acceptors (Lipinski definition) is 5. The molecule has 1 N–H and O–H groups in total. The van der Waals surface area contributed by atoms with Crippen molar-refractivity contribution in [2.45, 2.75) is 61.5 Å². The van der Waals surface area contributed by atoms with Crippen LogP contribution in [0.5, 0.6) is 0 Å². The van der Waals surface area contributed by atoms with Crippen LogP contribution < -0.4 is 5.32 Å². The number of nitrogens with zero attached hydrogens (tertiary/aromatic N) is 4. The van der Waals surface area contributed by atoms with Gasteiger partial charge in [0.1, 0.15) is 0 Å². The molecule has 2 aromatic rings. The first-order valence-corrected chi connectivity index (χ1v) is 9.38. The van der Waals surface area contributed by atoms with Gasteiger partial charge in [0, 0.05) is 49.0 Å². The van der Waals surface area contributed by atoms with Crippen LogP contribution in [0.25, 0.3) is 0 Å². The van der Waals surface area contributed by atoms with Gasteiger partial charge < -0.3 is 5.32 Å². The van der Waals surface area contributed by atoms with E-state index in [1.54, 1.807) is 30.4 Å². The second kappa shape index (κ2) is 8.82. The molecule has 3 rings (SSSR count). The van der Waals surface area contributed by atoms with Gasteiger partial charge in [-0.3, -0.25) is 9.48 Å². The second-order valence-corrected chi connectivity index (χ2v) is 7.33. The second-order valence-electron chi connectivity index (χ2n) is 6.06. The van der Waals surface area contributed by atoms with Gasteiger partial charge in [-0.05, 0) is 44.2 Å². The molecule has 0 radical (unpaired) electrons. The molecule has 1 fully saturated rings. The number of carbonyl (C=O) groups is 1. The predicted octanol–water partition coefficient (Wildman–Crippen LogP) is 2.67. The Hall–Kier alpha value is -1.89. The molecular formula is C17H23N5OS. The quantitative estimate of drug-likeness (QED) is 0.781. The molecule has 2 aromatic heterocycles. The maximum Gasteiger partial charge on any atom is 0.220 e. The van der Waals surface area contributed by atoms with Crippen LogP contribution in [0.3, 0.4) is 0 Å². The smallest absolute Gasteiger partial charge is 0.220 e. The lowest BCUT2D eigenvalue weighted by atomic mass is 9.95. The number of aromatic nitrogens is 4. The molecule has 6 nitrogen and oxygen atoms in total. The average molecular weight is 345 g/mol. The number of carbonyl (C=O) groups excluding carboxylic acids is 1. The van der Waals surface area contributed by atoms with Crippen LogP contribution in [0.1, 0.15) is 38.5 Å². The van der Waals surface area contributed by atoms with Crippen LogP contribution in [0, 0.1) is 0 Å². The monoisotopic (exact) mass is 345 g/mol. The van der Waals surface area contributed by atoms with Gasteiger partial charge in [-0.2, -0.15) is 5.10 Å². The summed E-state index contributed by atoms with van der Waals surface area (Å²) >= 11 is 1.75.